The van der Waals surface area contributed by atoms with E-state index in [1.807, 2.05) is 55.1 Å². The maximum Gasteiger partial charge on any atom is 0.253 e. The zero-order valence-electron chi connectivity index (χ0n) is 18.0. The Hall–Kier alpha value is -2.82. The topological polar surface area (TPSA) is 58.6 Å². The smallest absolute Gasteiger partial charge is 0.253 e. The number of hydrogen-bond donors (Lipinski definition) is 1. The standard InChI is InChI=1S/C25H30N2O3/c1-17-12-18(2)14-20(13-17)24(29)27-11-5-6-19(16-27)23(28)26-25(9-10-25)21-7-4-8-22(15-21)30-3/h4,7-8,12-15,19H,5-6,9-11,16H2,1-3H3,(H,26,28). The molecule has 158 valence electrons. The highest BCUT2D eigenvalue weighted by atomic mass is 16.5. The number of rotatable bonds is 5. The molecular formula is C25H30N2O3. The molecule has 1 atom stereocenters. The molecule has 0 spiro atoms. The molecule has 5 nitrogen and oxygen atoms in total. The molecule has 1 aliphatic carbocycles. The van der Waals surface area contributed by atoms with Crippen LogP contribution in [0.4, 0.5) is 0 Å². The minimum atomic E-state index is -0.286. The molecule has 4 rings (SSSR count). The van der Waals surface area contributed by atoms with Gasteiger partial charge in [0, 0.05) is 18.7 Å². The fourth-order valence-corrected chi connectivity index (χ4v) is 4.53. The molecule has 1 aliphatic heterocycles. The highest BCUT2D eigenvalue weighted by Gasteiger charge is 2.47. The molecule has 2 fully saturated rings. The number of piperidine rings is 1. The van der Waals surface area contributed by atoms with Crippen LogP contribution in [0.25, 0.3) is 0 Å². The van der Waals surface area contributed by atoms with Gasteiger partial charge in [-0.1, -0.05) is 29.3 Å². The third kappa shape index (κ3) is 4.20. The second-order valence-electron chi connectivity index (χ2n) is 8.77. The van der Waals surface area contributed by atoms with E-state index in [1.54, 1.807) is 7.11 Å². The van der Waals surface area contributed by atoms with Gasteiger partial charge in [-0.05, 0) is 69.4 Å². The lowest BCUT2D eigenvalue weighted by molar-refractivity contribution is -0.127. The monoisotopic (exact) mass is 406 g/mol. The van der Waals surface area contributed by atoms with Crippen molar-refractivity contribution in [3.8, 4) is 5.75 Å². The van der Waals surface area contributed by atoms with Gasteiger partial charge < -0.3 is 15.0 Å². The summed E-state index contributed by atoms with van der Waals surface area (Å²) in [4.78, 5) is 28.0. The van der Waals surface area contributed by atoms with Crippen molar-refractivity contribution in [3.63, 3.8) is 0 Å². The molecule has 1 saturated carbocycles. The third-order valence-corrected chi connectivity index (χ3v) is 6.28. The average molecular weight is 407 g/mol. The molecule has 1 saturated heterocycles. The number of aryl methyl sites for hydroxylation is 2. The molecule has 1 unspecified atom stereocenters. The highest BCUT2D eigenvalue weighted by molar-refractivity contribution is 5.95. The Morgan fingerprint density at radius 3 is 2.50 bits per heavy atom. The normalized spacial score (nSPS) is 19.8. The zero-order chi connectivity index (χ0) is 21.3. The number of likely N-dealkylation sites (tertiary alicyclic amines) is 1. The van der Waals surface area contributed by atoms with Crippen molar-refractivity contribution in [3.05, 3.63) is 64.7 Å². The Balaban J connectivity index is 1.44. The Morgan fingerprint density at radius 1 is 1.10 bits per heavy atom. The summed E-state index contributed by atoms with van der Waals surface area (Å²) in [5.74, 6) is 0.703. The SMILES string of the molecule is COc1cccc(C2(NC(=O)C3CCCN(C(=O)c4cc(C)cc(C)c4)C3)CC2)c1. The van der Waals surface area contributed by atoms with Crippen LogP contribution in [-0.4, -0.2) is 36.9 Å². The first-order valence-corrected chi connectivity index (χ1v) is 10.7. The van der Waals surface area contributed by atoms with Gasteiger partial charge >= 0.3 is 0 Å². The Labute approximate surface area is 178 Å². The fraction of sp³-hybridized carbons (Fsp3) is 0.440. The van der Waals surface area contributed by atoms with Gasteiger partial charge in [0.15, 0.2) is 0 Å². The van der Waals surface area contributed by atoms with Crippen molar-refractivity contribution in [2.75, 3.05) is 20.2 Å². The Kier molecular flexibility index (Phi) is 5.54. The molecule has 2 aliphatic rings. The van der Waals surface area contributed by atoms with E-state index in [4.69, 9.17) is 4.74 Å². The van der Waals surface area contributed by atoms with Gasteiger partial charge in [0.1, 0.15) is 5.75 Å². The van der Waals surface area contributed by atoms with Crippen molar-refractivity contribution in [1.29, 1.82) is 0 Å². The van der Waals surface area contributed by atoms with Crippen LogP contribution in [0.3, 0.4) is 0 Å². The summed E-state index contributed by atoms with van der Waals surface area (Å²) in [5.41, 5.74) is 3.68. The molecular weight excluding hydrogens is 376 g/mol. The molecule has 1 N–H and O–H groups in total. The van der Waals surface area contributed by atoms with E-state index in [-0.39, 0.29) is 23.3 Å². The van der Waals surface area contributed by atoms with Gasteiger partial charge in [0.25, 0.3) is 5.91 Å². The number of benzene rings is 2. The summed E-state index contributed by atoms with van der Waals surface area (Å²) < 4.78 is 5.34. The lowest BCUT2D eigenvalue weighted by Gasteiger charge is -2.33. The predicted octanol–water partition coefficient (Wildman–Crippen LogP) is 3.97. The van der Waals surface area contributed by atoms with E-state index in [0.29, 0.717) is 18.7 Å². The van der Waals surface area contributed by atoms with Gasteiger partial charge in [-0.3, -0.25) is 9.59 Å². The number of carbonyl (C=O) groups excluding carboxylic acids is 2. The van der Waals surface area contributed by atoms with Crippen LogP contribution >= 0.6 is 0 Å². The minimum Gasteiger partial charge on any atom is -0.497 e. The number of methoxy groups -OCH3 is 1. The fourth-order valence-electron chi connectivity index (χ4n) is 4.53. The van der Waals surface area contributed by atoms with Crippen LogP contribution in [0.1, 0.15) is 52.7 Å². The summed E-state index contributed by atoms with van der Waals surface area (Å²) in [6.45, 7) is 5.19. The summed E-state index contributed by atoms with van der Waals surface area (Å²) in [6.07, 6.45) is 3.53. The zero-order valence-corrected chi connectivity index (χ0v) is 18.0. The number of hydrogen-bond acceptors (Lipinski definition) is 3. The first kappa shape index (κ1) is 20.5. The summed E-state index contributed by atoms with van der Waals surface area (Å²) in [7, 11) is 1.65. The summed E-state index contributed by atoms with van der Waals surface area (Å²) in [5, 5.41) is 3.29. The number of amides is 2. The van der Waals surface area contributed by atoms with E-state index in [0.717, 1.165) is 48.1 Å². The first-order chi connectivity index (χ1) is 14.4. The predicted molar refractivity (Wildman–Crippen MR) is 117 cm³/mol. The van der Waals surface area contributed by atoms with Crippen molar-refractivity contribution in [2.45, 2.75) is 45.1 Å². The van der Waals surface area contributed by atoms with Crippen LogP contribution in [0.15, 0.2) is 42.5 Å². The van der Waals surface area contributed by atoms with Crippen molar-refractivity contribution in [2.24, 2.45) is 5.92 Å². The van der Waals surface area contributed by atoms with Crippen LogP contribution < -0.4 is 10.1 Å². The van der Waals surface area contributed by atoms with Crippen LogP contribution in [0, 0.1) is 19.8 Å². The van der Waals surface area contributed by atoms with Crippen molar-refractivity contribution < 1.29 is 14.3 Å². The van der Waals surface area contributed by atoms with Crippen LogP contribution in [-0.2, 0) is 10.3 Å². The number of carbonyl (C=O) groups is 2. The molecule has 2 amide bonds. The molecule has 2 aromatic carbocycles. The first-order valence-electron chi connectivity index (χ1n) is 10.7. The molecule has 0 bridgehead atoms. The summed E-state index contributed by atoms with van der Waals surface area (Å²) >= 11 is 0. The third-order valence-electron chi connectivity index (χ3n) is 6.28. The summed E-state index contributed by atoms with van der Waals surface area (Å²) in [6, 6.07) is 13.9. The van der Waals surface area contributed by atoms with Gasteiger partial charge in [-0.2, -0.15) is 0 Å². The maximum atomic E-state index is 13.1. The van der Waals surface area contributed by atoms with Crippen LogP contribution in [0.2, 0.25) is 0 Å². The van der Waals surface area contributed by atoms with Gasteiger partial charge in [0.2, 0.25) is 5.91 Å². The van der Waals surface area contributed by atoms with Crippen molar-refractivity contribution in [1.82, 2.24) is 10.2 Å². The van der Waals surface area contributed by atoms with Gasteiger partial charge in [-0.15, -0.1) is 0 Å². The number of nitrogens with one attached hydrogen (secondary N) is 1. The molecule has 5 heteroatoms. The number of ether oxygens (including phenoxy) is 1. The molecule has 30 heavy (non-hydrogen) atoms. The lowest BCUT2D eigenvalue weighted by atomic mass is 9.94. The minimum absolute atomic E-state index is 0.0215. The van der Waals surface area contributed by atoms with E-state index in [2.05, 4.69) is 11.4 Å². The van der Waals surface area contributed by atoms with Crippen LogP contribution in [0.5, 0.6) is 5.75 Å². The Bertz CT molecular complexity index is 944. The maximum absolute atomic E-state index is 13.1. The van der Waals surface area contributed by atoms with E-state index in [1.165, 1.54) is 0 Å². The molecule has 1 heterocycles. The lowest BCUT2D eigenvalue weighted by Crippen LogP contribution is -2.47. The van der Waals surface area contributed by atoms with E-state index in [9.17, 15) is 9.59 Å². The van der Waals surface area contributed by atoms with Gasteiger partial charge in [-0.25, -0.2) is 0 Å². The van der Waals surface area contributed by atoms with E-state index < -0.39 is 0 Å². The molecule has 2 aromatic rings. The largest absolute Gasteiger partial charge is 0.497 e. The van der Waals surface area contributed by atoms with E-state index >= 15 is 0 Å². The molecule has 0 aromatic heterocycles. The molecule has 0 radical (unpaired) electrons. The average Bonchev–Trinajstić information content (AvgIpc) is 3.53. The quantitative estimate of drug-likeness (QED) is 0.817. The van der Waals surface area contributed by atoms with Gasteiger partial charge in [0.05, 0.1) is 18.6 Å². The highest BCUT2D eigenvalue weighted by Crippen LogP contribution is 2.46. The van der Waals surface area contributed by atoms with Crippen molar-refractivity contribution >= 4 is 11.8 Å². The second kappa shape index (κ2) is 8.13. The second-order valence-corrected chi connectivity index (χ2v) is 8.77. The Morgan fingerprint density at radius 2 is 1.83 bits per heavy atom. The number of nitrogens with zero attached hydrogens (tertiary/aromatic N) is 1.